The van der Waals surface area contributed by atoms with Gasteiger partial charge >= 0.3 is 12.2 Å². The molecule has 2 aliphatic rings. The Hall–Kier alpha value is -4.07. The van der Waals surface area contributed by atoms with E-state index in [2.05, 4.69) is 10.3 Å². The zero-order chi connectivity index (χ0) is 24.2. The fourth-order valence-corrected chi connectivity index (χ4v) is 5.01. The monoisotopic (exact) mass is 475 g/mol. The van der Waals surface area contributed by atoms with Crippen molar-refractivity contribution in [2.45, 2.75) is 31.0 Å². The van der Waals surface area contributed by atoms with E-state index < -0.39 is 11.7 Å². The summed E-state index contributed by atoms with van der Waals surface area (Å²) in [5, 5.41) is 2.98. The molecule has 0 spiro atoms. The van der Waals surface area contributed by atoms with Gasteiger partial charge in [0, 0.05) is 28.9 Å². The van der Waals surface area contributed by atoms with Crippen molar-refractivity contribution in [1.29, 1.82) is 0 Å². The van der Waals surface area contributed by atoms with Crippen molar-refractivity contribution in [1.82, 2.24) is 4.98 Å². The highest BCUT2D eigenvalue weighted by Crippen LogP contribution is 2.52. The number of anilines is 2. The molecule has 5 nitrogen and oxygen atoms in total. The lowest BCUT2D eigenvalue weighted by molar-refractivity contribution is -0.137. The lowest BCUT2D eigenvalue weighted by Crippen LogP contribution is -2.46. The summed E-state index contributed by atoms with van der Waals surface area (Å²) in [5.41, 5.74) is 3.61. The van der Waals surface area contributed by atoms with Gasteiger partial charge in [-0.15, -0.1) is 0 Å². The average molecular weight is 475 g/mol. The number of hydrogen-bond donors (Lipinski definition) is 1. The van der Waals surface area contributed by atoms with Gasteiger partial charge in [-0.25, -0.2) is 9.78 Å². The van der Waals surface area contributed by atoms with Gasteiger partial charge in [0.1, 0.15) is 0 Å². The Kier molecular flexibility index (Phi) is 4.91. The molecule has 0 saturated heterocycles. The molecule has 3 aromatic carbocycles. The molecule has 35 heavy (non-hydrogen) atoms. The topological polar surface area (TPSA) is 58.4 Å². The molecule has 2 atom stereocenters. The van der Waals surface area contributed by atoms with E-state index in [4.69, 9.17) is 4.42 Å². The summed E-state index contributed by atoms with van der Waals surface area (Å²) >= 11 is 0. The first-order valence-corrected chi connectivity index (χ1v) is 11.3. The summed E-state index contributed by atoms with van der Waals surface area (Å²) in [6, 6.07) is 17.9. The number of halogens is 3. The molecule has 4 aromatic rings. The number of alkyl halides is 3. The highest BCUT2D eigenvalue weighted by atomic mass is 19.4. The standard InChI is InChI=1S/C27H20F3N3O2/c28-27(29,30)19-5-1-3-16(11-19)17-7-8-22-21-9-10-23(21)33(24(22)13-17)26(34)32-20-6-2-4-18(12-20)25-14-31-15-35-25/h1-8,11-15,21,23H,9-10H2,(H,32,34). The second-order valence-electron chi connectivity index (χ2n) is 8.85. The summed E-state index contributed by atoms with van der Waals surface area (Å²) < 4.78 is 45.1. The largest absolute Gasteiger partial charge is 0.444 e. The molecule has 8 heteroatoms. The maximum atomic E-state index is 13.4. The summed E-state index contributed by atoms with van der Waals surface area (Å²) in [4.78, 5) is 19.1. The third kappa shape index (κ3) is 3.75. The van der Waals surface area contributed by atoms with Crippen LogP contribution in [0, 0.1) is 0 Å². The summed E-state index contributed by atoms with van der Waals surface area (Å²) in [7, 11) is 0. The molecule has 0 radical (unpaired) electrons. The van der Waals surface area contributed by atoms with Crippen molar-refractivity contribution in [3.63, 3.8) is 0 Å². The second-order valence-corrected chi connectivity index (χ2v) is 8.85. The van der Waals surface area contributed by atoms with Crippen LogP contribution in [0.25, 0.3) is 22.5 Å². The molecule has 1 aromatic heterocycles. The molecular weight excluding hydrogens is 455 g/mol. The van der Waals surface area contributed by atoms with E-state index in [-0.39, 0.29) is 18.0 Å². The quantitative estimate of drug-likeness (QED) is 0.338. The van der Waals surface area contributed by atoms with Crippen LogP contribution in [0.4, 0.5) is 29.3 Å². The normalized spacial score (nSPS) is 18.5. The van der Waals surface area contributed by atoms with Crippen LogP contribution in [0.15, 0.2) is 83.7 Å². The Morgan fingerprint density at radius 2 is 1.77 bits per heavy atom. The molecule has 1 aliphatic heterocycles. The molecule has 2 unspecified atom stereocenters. The van der Waals surface area contributed by atoms with Crippen LogP contribution in [-0.2, 0) is 6.18 Å². The van der Waals surface area contributed by atoms with Gasteiger partial charge in [-0.1, -0.05) is 36.4 Å². The number of urea groups is 1. The fourth-order valence-electron chi connectivity index (χ4n) is 5.01. The zero-order valence-electron chi connectivity index (χ0n) is 18.4. The maximum Gasteiger partial charge on any atom is 0.416 e. The molecule has 176 valence electrons. The molecule has 1 aliphatic carbocycles. The third-order valence-electron chi connectivity index (χ3n) is 6.83. The predicted molar refractivity (Wildman–Crippen MR) is 126 cm³/mol. The number of benzene rings is 3. The van der Waals surface area contributed by atoms with Gasteiger partial charge in [-0.05, 0) is 59.9 Å². The van der Waals surface area contributed by atoms with E-state index in [1.54, 1.807) is 23.2 Å². The number of carbonyl (C=O) groups is 1. The van der Waals surface area contributed by atoms with Gasteiger partial charge in [0.25, 0.3) is 0 Å². The lowest BCUT2D eigenvalue weighted by atomic mass is 9.77. The molecule has 2 amide bonds. The molecule has 6 rings (SSSR count). The molecule has 1 N–H and O–H groups in total. The van der Waals surface area contributed by atoms with Crippen LogP contribution in [0.5, 0.6) is 0 Å². The second kappa shape index (κ2) is 8.01. The lowest BCUT2D eigenvalue weighted by Gasteiger charge is -2.36. The fraction of sp³-hybridized carbons (Fsp3) is 0.185. The van der Waals surface area contributed by atoms with E-state index in [1.165, 1.54) is 12.5 Å². The molecular formula is C27H20F3N3O2. The van der Waals surface area contributed by atoms with Crippen molar-refractivity contribution in [3.05, 3.63) is 90.4 Å². The van der Waals surface area contributed by atoms with E-state index in [1.807, 2.05) is 36.4 Å². The molecule has 0 bridgehead atoms. The first-order chi connectivity index (χ1) is 16.9. The van der Waals surface area contributed by atoms with Crippen molar-refractivity contribution < 1.29 is 22.4 Å². The van der Waals surface area contributed by atoms with Crippen LogP contribution < -0.4 is 10.2 Å². The van der Waals surface area contributed by atoms with Gasteiger partial charge in [-0.2, -0.15) is 13.2 Å². The zero-order valence-corrected chi connectivity index (χ0v) is 18.4. The van der Waals surface area contributed by atoms with E-state index in [0.717, 1.165) is 41.8 Å². The number of oxazole rings is 1. The smallest absolute Gasteiger partial charge is 0.416 e. The Balaban J connectivity index is 1.32. The third-order valence-corrected chi connectivity index (χ3v) is 6.83. The highest BCUT2D eigenvalue weighted by Gasteiger charge is 2.47. The van der Waals surface area contributed by atoms with Crippen LogP contribution in [0.3, 0.4) is 0 Å². The van der Waals surface area contributed by atoms with Gasteiger partial charge < -0.3 is 9.73 Å². The number of nitrogens with zero attached hydrogens (tertiary/aromatic N) is 2. The Labute approximate surface area is 199 Å². The van der Waals surface area contributed by atoms with Crippen LogP contribution in [-0.4, -0.2) is 17.1 Å². The van der Waals surface area contributed by atoms with Gasteiger partial charge in [0.2, 0.25) is 0 Å². The summed E-state index contributed by atoms with van der Waals surface area (Å²) in [6.07, 6.45) is 0.388. The highest BCUT2D eigenvalue weighted by molar-refractivity contribution is 6.05. The van der Waals surface area contributed by atoms with Crippen molar-refractivity contribution >= 4 is 17.4 Å². The first kappa shape index (κ1) is 21.5. The number of hydrogen-bond acceptors (Lipinski definition) is 3. The number of rotatable bonds is 3. The van der Waals surface area contributed by atoms with E-state index >= 15 is 0 Å². The van der Waals surface area contributed by atoms with Crippen molar-refractivity contribution in [2.24, 2.45) is 0 Å². The molecule has 2 heterocycles. The summed E-state index contributed by atoms with van der Waals surface area (Å²) in [6.45, 7) is 0. The Morgan fingerprint density at radius 3 is 2.51 bits per heavy atom. The minimum atomic E-state index is -4.42. The predicted octanol–water partition coefficient (Wildman–Crippen LogP) is 7.33. The first-order valence-electron chi connectivity index (χ1n) is 11.3. The number of amides is 2. The molecule has 1 fully saturated rings. The van der Waals surface area contributed by atoms with E-state index in [0.29, 0.717) is 22.6 Å². The minimum absolute atomic E-state index is 0.0409. The van der Waals surface area contributed by atoms with Crippen LogP contribution in [0.1, 0.15) is 29.9 Å². The van der Waals surface area contributed by atoms with Gasteiger partial charge in [-0.3, -0.25) is 4.90 Å². The molecule has 1 saturated carbocycles. The SMILES string of the molecule is O=C(Nc1cccc(-c2cnco2)c1)N1c2cc(-c3cccc(C(F)(F)F)c3)ccc2C2CCC21. The average Bonchev–Trinajstić information content (AvgIpc) is 3.43. The summed E-state index contributed by atoms with van der Waals surface area (Å²) in [5.74, 6) is 0.837. The van der Waals surface area contributed by atoms with Crippen LogP contribution >= 0.6 is 0 Å². The minimum Gasteiger partial charge on any atom is -0.444 e. The number of fused-ring (bicyclic) bond motifs is 3. The van der Waals surface area contributed by atoms with Crippen molar-refractivity contribution in [3.8, 4) is 22.5 Å². The number of nitrogens with one attached hydrogen (secondary N) is 1. The van der Waals surface area contributed by atoms with E-state index in [9.17, 15) is 18.0 Å². The van der Waals surface area contributed by atoms with Crippen molar-refractivity contribution in [2.75, 3.05) is 10.2 Å². The Morgan fingerprint density at radius 1 is 0.971 bits per heavy atom. The van der Waals surface area contributed by atoms with Crippen LogP contribution in [0.2, 0.25) is 0 Å². The number of carbonyl (C=O) groups excluding carboxylic acids is 1. The maximum absolute atomic E-state index is 13.4. The Bertz CT molecular complexity index is 1420. The number of aromatic nitrogens is 1. The van der Waals surface area contributed by atoms with Gasteiger partial charge in [0.05, 0.1) is 11.8 Å². The van der Waals surface area contributed by atoms with Gasteiger partial charge in [0.15, 0.2) is 12.2 Å².